The highest BCUT2D eigenvalue weighted by Crippen LogP contribution is 2.16. The van der Waals surface area contributed by atoms with E-state index >= 15 is 0 Å². The molecule has 5 nitrogen and oxygen atoms in total. The quantitative estimate of drug-likeness (QED) is 0.577. The first-order valence-electron chi connectivity index (χ1n) is 6.18. The minimum absolute atomic E-state index is 0.364. The zero-order chi connectivity index (χ0) is 15.9. The van der Waals surface area contributed by atoms with Crippen LogP contribution in [0.2, 0.25) is 0 Å². The number of halogens is 2. The second-order valence-corrected chi connectivity index (χ2v) is 5.84. The minimum Gasteiger partial charge on any atom is -0.452 e. The van der Waals surface area contributed by atoms with E-state index in [4.69, 9.17) is 9.15 Å². The van der Waals surface area contributed by atoms with Crippen LogP contribution in [0.25, 0.3) is 6.08 Å². The van der Waals surface area contributed by atoms with Crippen molar-refractivity contribution < 1.29 is 18.7 Å². The second-order valence-electron chi connectivity index (χ2n) is 4.14. The number of hydrogen-bond acceptors (Lipinski definition) is 4. The van der Waals surface area contributed by atoms with Gasteiger partial charge in [-0.05, 0) is 52.3 Å². The Labute approximate surface area is 143 Å². The molecule has 0 aliphatic rings. The van der Waals surface area contributed by atoms with Crippen LogP contribution >= 0.6 is 31.9 Å². The van der Waals surface area contributed by atoms with E-state index in [0.717, 1.165) is 4.47 Å². The van der Waals surface area contributed by atoms with Crippen molar-refractivity contribution in [3.05, 3.63) is 57.4 Å². The number of anilines is 1. The van der Waals surface area contributed by atoms with E-state index in [1.165, 1.54) is 12.2 Å². The van der Waals surface area contributed by atoms with Crippen molar-refractivity contribution in [3.8, 4) is 0 Å². The Morgan fingerprint density at radius 2 is 2.05 bits per heavy atom. The summed E-state index contributed by atoms with van der Waals surface area (Å²) in [7, 11) is 0. The molecule has 0 bridgehead atoms. The molecule has 0 saturated heterocycles. The van der Waals surface area contributed by atoms with Gasteiger partial charge in [0.05, 0.1) is 0 Å². The molecule has 1 aromatic heterocycles. The molecule has 1 amide bonds. The number of furan rings is 1. The molecule has 0 radical (unpaired) electrons. The third-order valence-electron chi connectivity index (χ3n) is 2.43. The van der Waals surface area contributed by atoms with E-state index in [9.17, 15) is 9.59 Å². The molecule has 1 heterocycles. The van der Waals surface area contributed by atoms with Crippen LogP contribution in [0.5, 0.6) is 0 Å². The first-order chi connectivity index (χ1) is 10.5. The fourth-order valence-electron chi connectivity index (χ4n) is 1.52. The maximum atomic E-state index is 11.7. The lowest BCUT2D eigenvalue weighted by atomic mass is 10.3. The van der Waals surface area contributed by atoms with Crippen molar-refractivity contribution in [3.63, 3.8) is 0 Å². The summed E-state index contributed by atoms with van der Waals surface area (Å²) in [5.74, 6) is -0.542. The number of ether oxygens (including phenoxy) is 1. The summed E-state index contributed by atoms with van der Waals surface area (Å²) in [5, 5.41) is 2.62. The van der Waals surface area contributed by atoms with E-state index in [1.807, 2.05) is 6.07 Å². The Hall–Kier alpha value is -1.86. The molecule has 0 aliphatic heterocycles. The maximum Gasteiger partial charge on any atom is 0.331 e. The van der Waals surface area contributed by atoms with Crippen molar-refractivity contribution in [1.29, 1.82) is 0 Å². The summed E-state index contributed by atoms with van der Waals surface area (Å²) in [4.78, 5) is 23.1. The number of esters is 1. The highest BCUT2D eigenvalue weighted by Gasteiger charge is 2.06. The van der Waals surface area contributed by atoms with E-state index in [-0.39, 0.29) is 6.61 Å². The lowest BCUT2D eigenvalue weighted by molar-refractivity contribution is -0.142. The highest BCUT2D eigenvalue weighted by atomic mass is 79.9. The Kier molecular flexibility index (Phi) is 5.97. The molecular formula is C15H11Br2NO4. The Balaban J connectivity index is 1.78. The van der Waals surface area contributed by atoms with E-state index in [0.29, 0.717) is 16.1 Å². The van der Waals surface area contributed by atoms with E-state index in [1.54, 1.807) is 30.3 Å². The fourth-order valence-corrected chi connectivity index (χ4v) is 2.23. The van der Waals surface area contributed by atoms with Crippen molar-refractivity contribution >= 4 is 55.5 Å². The SMILES string of the molecule is O=C(COC(=O)C=Cc1ccc(Br)o1)Nc1cccc(Br)c1. The summed E-state index contributed by atoms with van der Waals surface area (Å²) in [6, 6.07) is 10.5. The first-order valence-corrected chi connectivity index (χ1v) is 7.77. The molecule has 0 atom stereocenters. The van der Waals surface area contributed by atoms with Crippen molar-refractivity contribution in [1.82, 2.24) is 0 Å². The zero-order valence-electron chi connectivity index (χ0n) is 11.2. The van der Waals surface area contributed by atoms with Gasteiger partial charge in [-0.15, -0.1) is 0 Å². The van der Waals surface area contributed by atoms with Gasteiger partial charge < -0.3 is 14.5 Å². The third kappa shape index (κ3) is 5.50. The van der Waals surface area contributed by atoms with Crippen molar-refractivity contribution in [2.45, 2.75) is 0 Å². The summed E-state index contributed by atoms with van der Waals surface area (Å²) < 4.78 is 11.4. The molecule has 0 unspecified atom stereocenters. The smallest absolute Gasteiger partial charge is 0.331 e. The second kappa shape index (κ2) is 7.95. The Morgan fingerprint density at radius 1 is 1.23 bits per heavy atom. The van der Waals surface area contributed by atoms with Gasteiger partial charge in [-0.25, -0.2) is 4.79 Å². The Bertz CT molecular complexity index is 709. The van der Waals surface area contributed by atoms with Crippen LogP contribution in [0, 0.1) is 0 Å². The van der Waals surface area contributed by atoms with Crippen LogP contribution in [-0.4, -0.2) is 18.5 Å². The topological polar surface area (TPSA) is 68.5 Å². The lowest BCUT2D eigenvalue weighted by Gasteiger charge is -2.05. The van der Waals surface area contributed by atoms with Gasteiger partial charge in [0.1, 0.15) is 5.76 Å². The van der Waals surface area contributed by atoms with E-state index < -0.39 is 11.9 Å². The predicted molar refractivity (Wildman–Crippen MR) is 89.2 cm³/mol. The van der Waals surface area contributed by atoms with Gasteiger partial charge in [-0.3, -0.25) is 4.79 Å². The van der Waals surface area contributed by atoms with Crippen molar-refractivity contribution in [2.24, 2.45) is 0 Å². The normalized spacial score (nSPS) is 10.6. The average molecular weight is 429 g/mol. The molecule has 1 aromatic carbocycles. The molecule has 2 rings (SSSR count). The highest BCUT2D eigenvalue weighted by molar-refractivity contribution is 9.10. The summed E-state index contributed by atoms with van der Waals surface area (Å²) >= 11 is 6.45. The number of amides is 1. The van der Waals surface area contributed by atoms with Crippen LogP contribution in [0.1, 0.15) is 5.76 Å². The molecule has 0 saturated carbocycles. The molecule has 114 valence electrons. The van der Waals surface area contributed by atoms with Crippen LogP contribution in [0.4, 0.5) is 5.69 Å². The van der Waals surface area contributed by atoms with Crippen LogP contribution < -0.4 is 5.32 Å². The fraction of sp³-hybridized carbons (Fsp3) is 0.0667. The van der Waals surface area contributed by atoms with Crippen LogP contribution in [-0.2, 0) is 14.3 Å². The van der Waals surface area contributed by atoms with Crippen molar-refractivity contribution in [2.75, 3.05) is 11.9 Å². The number of carbonyl (C=O) groups excluding carboxylic acids is 2. The maximum absolute atomic E-state index is 11.7. The molecule has 2 aromatic rings. The molecule has 7 heteroatoms. The van der Waals surface area contributed by atoms with Gasteiger partial charge in [-0.1, -0.05) is 22.0 Å². The molecule has 0 aliphatic carbocycles. The summed E-state index contributed by atoms with van der Waals surface area (Å²) in [6.45, 7) is -0.364. The molecule has 0 fully saturated rings. The molecular weight excluding hydrogens is 418 g/mol. The number of hydrogen-bond donors (Lipinski definition) is 1. The number of carbonyl (C=O) groups is 2. The molecule has 22 heavy (non-hydrogen) atoms. The molecule has 1 N–H and O–H groups in total. The van der Waals surface area contributed by atoms with Gasteiger partial charge in [0.2, 0.25) is 0 Å². The zero-order valence-corrected chi connectivity index (χ0v) is 14.4. The number of rotatable bonds is 5. The number of benzene rings is 1. The lowest BCUT2D eigenvalue weighted by Crippen LogP contribution is -2.20. The minimum atomic E-state index is -0.628. The van der Waals surface area contributed by atoms with Gasteiger partial charge in [0.25, 0.3) is 5.91 Å². The van der Waals surface area contributed by atoms with E-state index in [2.05, 4.69) is 37.2 Å². The third-order valence-corrected chi connectivity index (χ3v) is 3.35. The van der Waals surface area contributed by atoms with Crippen LogP contribution in [0.15, 0.2) is 56.0 Å². The summed E-state index contributed by atoms with van der Waals surface area (Å²) in [5.41, 5.74) is 0.617. The summed E-state index contributed by atoms with van der Waals surface area (Å²) in [6.07, 6.45) is 2.65. The van der Waals surface area contributed by atoms with Crippen LogP contribution in [0.3, 0.4) is 0 Å². The largest absolute Gasteiger partial charge is 0.452 e. The monoisotopic (exact) mass is 427 g/mol. The average Bonchev–Trinajstić information content (AvgIpc) is 2.89. The van der Waals surface area contributed by atoms with Gasteiger partial charge in [0.15, 0.2) is 11.3 Å². The van der Waals surface area contributed by atoms with Gasteiger partial charge >= 0.3 is 5.97 Å². The number of nitrogens with one attached hydrogen (secondary N) is 1. The standard InChI is InChI=1S/C15H11Br2NO4/c16-10-2-1-3-11(8-10)18-14(19)9-21-15(20)7-5-12-4-6-13(17)22-12/h1-8H,9H2,(H,18,19). The first kappa shape index (κ1) is 16.5. The Morgan fingerprint density at radius 3 is 2.73 bits per heavy atom. The molecule has 0 spiro atoms. The predicted octanol–water partition coefficient (Wildman–Crippen LogP) is 4.00. The van der Waals surface area contributed by atoms with Gasteiger partial charge in [-0.2, -0.15) is 0 Å². The van der Waals surface area contributed by atoms with Gasteiger partial charge in [0, 0.05) is 16.2 Å².